The number of carbonyl (C=O) groups is 3. The molecule has 0 saturated carbocycles. The Balaban J connectivity index is 4.27. The minimum absolute atomic E-state index is 0.0651. The van der Waals surface area contributed by atoms with Crippen molar-refractivity contribution >= 4 is 17.9 Å². The lowest BCUT2D eigenvalue weighted by molar-refractivity contribution is -0.167. The van der Waals surface area contributed by atoms with Crippen molar-refractivity contribution in [3.8, 4) is 0 Å². The molecule has 0 rings (SSSR count). The summed E-state index contributed by atoms with van der Waals surface area (Å²) in [6.45, 7) is 13.7. The SMILES string of the molecule is CC(C)CCCCCCCCCCCCCCCCCCC(=O)O[C@@H](COC(=O)CCCCCCCCCCCC(C)C)COC(=O)CCCCCCCCCCC(C)C. The topological polar surface area (TPSA) is 78.9 Å². The summed E-state index contributed by atoms with van der Waals surface area (Å²) in [4.78, 5) is 37.9. The van der Waals surface area contributed by atoms with Gasteiger partial charge in [-0.25, -0.2) is 0 Å². The first-order chi connectivity index (χ1) is 29.1. The molecule has 0 bridgehead atoms. The molecule has 0 amide bonds. The molecule has 0 aliphatic rings. The van der Waals surface area contributed by atoms with Crippen molar-refractivity contribution in [1.82, 2.24) is 0 Å². The van der Waals surface area contributed by atoms with Crippen molar-refractivity contribution in [2.24, 2.45) is 17.8 Å². The van der Waals surface area contributed by atoms with E-state index in [2.05, 4.69) is 41.5 Å². The molecule has 6 nitrogen and oxygen atoms in total. The Bertz CT molecular complexity index is 929. The van der Waals surface area contributed by atoms with Crippen molar-refractivity contribution in [2.45, 2.75) is 298 Å². The number of rotatable bonds is 47. The molecule has 356 valence electrons. The third-order valence-corrected chi connectivity index (χ3v) is 12.1. The maximum absolute atomic E-state index is 12.8. The summed E-state index contributed by atoms with van der Waals surface area (Å²) < 4.78 is 16.8. The Morgan fingerprint density at radius 3 is 0.717 bits per heavy atom. The van der Waals surface area contributed by atoms with Crippen molar-refractivity contribution in [3.05, 3.63) is 0 Å². The molecule has 0 aromatic carbocycles. The molecule has 0 aliphatic heterocycles. The molecule has 0 saturated heterocycles. The number of carbonyl (C=O) groups excluding carboxylic acids is 3. The zero-order valence-corrected chi connectivity index (χ0v) is 41.3. The van der Waals surface area contributed by atoms with Crippen LogP contribution in [0.1, 0.15) is 292 Å². The third-order valence-electron chi connectivity index (χ3n) is 12.1. The fourth-order valence-corrected chi connectivity index (χ4v) is 8.12. The Morgan fingerprint density at radius 1 is 0.283 bits per heavy atom. The molecule has 0 spiro atoms. The van der Waals surface area contributed by atoms with Crippen molar-refractivity contribution in [3.63, 3.8) is 0 Å². The van der Waals surface area contributed by atoms with Gasteiger partial charge in [0, 0.05) is 19.3 Å². The first-order valence-corrected chi connectivity index (χ1v) is 26.6. The fourth-order valence-electron chi connectivity index (χ4n) is 8.12. The van der Waals surface area contributed by atoms with Crippen molar-refractivity contribution < 1.29 is 28.6 Å². The standard InChI is InChI=1S/C54H104O6/c1-48(2)40-34-28-22-16-13-11-9-7-8-10-12-14-18-27-33-39-45-54(57)60-51(47-59-53(56)44-38-32-26-21-20-24-30-36-42-50(5)6)46-58-52(55)43-37-31-25-19-15-17-23-29-35-41-49(3)4/h48-51H,7-47H2,1-6H3/t51-/m0/s1. The molecule has 0 aromatic rings. The van der Waals surface area contributed by atoms with Crippen LogP contribution in [0.25, 0.3) is 0 Å². The average Bonchev–Trinajstić information content (AvgIpc) is 3.20. The third kappa shape index (κ3) is 47.5. The first kappa shape index (κ1) is 58.4. The van der Waals surface area contributed by atoms with Crippen LogP contribution >= 0.6 is 0 Å². The van der Waals surface area contributed by atoms with E-state index in [1.807, 2.05) is 0 Å². The highest BCUT2D eigenvalue weighted by atomic mass is 16.6. The Labute approximate surface area is 374 Å². The summed E-state index contributed by atoms with van der Waals surface area (Å²) in [5.74, 6) is 1.60. The van der Waals surface area contributed by atoms with Gasteiger partial charge in [0.25, 0.3) is 0 Å². The van der Waals surface area contributed by atoms with Gasteiger partial charge in [-0.1, -0.05) is 253 Å². The van der Waals surface area contributed by atoms with Gasteiger partial charge in [0.05, 0.1) is 0 Å². The van der Waals surface area contributed by atoms with Crippen LogP contribution in [0.2, 0.25) is 0 Å². The molecule has 0 unspecified atom stereocenters. The zero-order valence-electron chi connectivity index (χ0n) is 41.3. The molecule has 0 aliphatic carbocycles. The smallest absolute Gasteiger partial charge is 0.306 e. The number of ether oxygens (including phenoxy) is 3. The summed E-state index contributed by atoms with van der Waals surface area (Å²) in [6, 6.07) is 0. The number of esters is 3. The van der Waals surface area contributed by atoms with Gasteiger partial charge in [-0.2, -0.15) is 0 Å². The van der Waals surface area contributed by atoms with Gasteiger partial charge in [0.15, 0.2) is 6.10 Å². The summed E-state index contributed by atoms with van der Waals surface area (Å²) >= 11 is 0. The number of hydrogen-bond donors (Lipinski definition) is 0. The van der Waals surface area contributed by atoms with Gasteiger partial charge >= 0.3 is 17.9 Å². The van der Waals surface area contributed by atoms with Gasteiger partial charge < -0.3 is 14.2 Å². The molecule has 0 aromatic heterocycles. The molecule has 0 fully saturated rings. The highest BCUT2D eigenvalue weighted by molar-refractivity contribution is 5.71. The van der Waals surface area contributed by atoms with Gasteiger partial charge in [-0.3, -0.25) is 14.4 Å². The van der Waals surface area contributed by atoms with Gasteiger partial charge in [0.1, 0.15) is 13.2 Å². The highest BCUT2D eigenvalue weighted by Crippen LogP contribution is 2.18. The maximum Gasteiger partial charge on any atom is 0.306 e. The summed E-state index contributed by atoms with van der Waals surface area (Å²) in [7, 11) is 0. The van der Waals surface area contributed by atoms with Gasteiger partial charge in [-0.05, 0) is 37.0 Å². The molecule has 1 atom stereocenters. The van der Waals surface area contributed by atoms with Crippen LogP contribution in [-0.2, 0) is 28.6 Å². The molecular weight excluding hydrogens is 745 g/mol. The van der Waals surface area contributed by atoms with E-state index in [9.17, 15) is 14.4 Å². The predicted octanol–water partition coefficient (Wildman–Crippen LogP) is 17.2. The van der Waals surface area contributed by atoms with Crippen LogP contribution in [0.4, 0.5) is 0 Å². The average molecular weight is 849 g/mol. The minimum atomic E-state index is -0.763. The fraction of sp³-hybridized carbons (Fsp3) is 0.944. The van der Waals surface area contributed by atoms with Crippen LogP contribution in [0.15, 0.2) is 0 Å². The molecular formula is C54H104O6. The van der Waals surface area contributed by atoms with Gasteiger partial charge in [0.2, 0.25) is 0 Å². The second-order valence-electron chi connectivity index (χ2n) is 19.9. The van der Waals surface area contributed by atoms with E-state index in [-0.39, 0.29) is 31.1 Å². The second kappa shape index (κ2) is 45.4. The molecule has 6 heteroatoms. The quantitative estimate of drug-likeness (QED) is 0.0345. The predicted molar refractivity (Wildman–Crippen MR) is 256 cm³/mol. The normalized spacial score (nSPS) is 12.2. The summed E-state index contributed by atoms with van der Waals surface area (Å²) in [6.07, 6.45) is 45.3. The van der Waals surface area contributed by atoms with E-state index in [1.54, 1.807) is 0 Å². The molecule has 0 radical (unpaired) electrons. The van der Waals surface area contributed by atoms with E-state index >= 15 is 0 Å². The van der Waals surface area contributed by atoms with Crippen LogP contribution in [0.5, 0.6) is 0 Å². The maximum atomic E-state index is 12.8. The van der Waals surface area contributed by atoms with Crippen molar-refractivity contribution in [2.75, 3.05) is 13.2 Å². The lowest BCUT2D eigenvalue weighted by Crippen LogP contribution is -2.30. The second-order valence-corrected chi connectivity index (χ2v) is 19.9. The summed E-state index contributed by atoms with van der Waals surface area (Å²) in [5, 5.41) is 0. The van der Waals surface area contributed by atoms with Crippen LogP contribution in [0.3, 0.4) is 0 Å². The minimum Gasteiger partial charge on any atom is -0.462 e. The zero-order chi connectivity index (χ0) is 44.2. The lowest BCUT2D eigenvalue weighted by atomic mass is 10.0. The molecule has 60 heavy (non-hydrogen) atoms. The van der Waals surface area contributed by atoms with E-state index in [4.69, 9.17) is 14.2 Å². The van der Waals surface area contributed by atoms with E-state index in [1.165, 1.54) is 173 Å². The first-order valence-electron chi connectivity index (χ1n) is 26.6. The Morgan fingerprint density at radius 2 is 0.483 bits per heavy atom. The summed E-state index contributed by atoms with van der Waals surface area (Å²) in [5.41, 5.74) is 0. The Hall–Kier alpha value is -1.59. The largest absolute Gasteiger partial charge is 0.462 e. The number of unbranched alkanes of at least 4 members (excludes halogenated alkanes) is 30. The molecule has 0 N–H and O–H groups in total. The number of hydrogen-bond acceptors (Lipinski definition) is 6. The van der Waals surface area contributed by atoms with E-state index in [0.717, 1.165) is 75.5 Å². The lowest BCUT2D eigenvalue weighted by Gasteiger charge is -2.18. The Kier molecular flexibility index (Phi) is 44.2. The highest BCUT2D eigenvalue weighted by Gasteiger charge is 2.19. The van der Waals surface area contributed by atoms with E-state index < -0.39 is 6.10 Å². The van der Waals surface area contributed by atoms with Crippen LogP contribution in [-0.4, -0.2) is 37.2 Å². The molecule has 0 heterocycles. The van der Waals surface area contributed by atoms with Gasteiger partial charge in [-0.15, -0.1) is 0 Å². The van der Waals surface area contributed by atoms with Crippen LogP contribution in [0, 0.1) is 17.8 Å². The van der Waals surface area contributed by atoms with Crippen LogP contribution < -0.4 is 0 Å². The monoisotopic (exact) mass is 849 g/mol. The van der Waals surface area contributed by atoms with Crippen molar-refractivity contribution in [1.29, 1.82) is 0 Å². The van der Waals surface area contributed by atoms with E-state index in [0.29, 0.717) is 19.3 Å².